The van der Waals surface area contributed by atoms with Gasteiger partial charge in [-0.25, -0.2) is 0 Å². The van der Waals surface area contributed by atoms with E-state index >= 15 is 0 Å². The molecule has 0 radical (unpaired) electrons. The van der Waals surface area contributed by atoms with Crippen molar-refractivity contribution in [2.45, 2.75) is 77.4 Å². The summed E-state index contributed by atoms with van der Waals surface area (Å²) in [7, 11) is 0. The van der Waals surface area contributed by atoms with Gasteiger partial charge in [-0.1, -0.05) is 25.5 Å². The number of fused-ring (bicyclic) bond motifs is 5. The first-order valence-electron chi connectivity index (χ1n) is 11.5. The average molecular weight is 397 g/mol. The van der Waals surface area contributed by atoms with Crippen LogP contribution in [0.4, 0.5) is 0 Å². The lowest BCUT2D eigenvalue weighted by Crippen LogP contribution is -2.73. The normalized spacial score (nSPS) is 51.8. The van der Waals surface area contributed by atoms with Crippen LogP contribution in [-0.4, -0.2) is 41.2 Å². The van der Waals surface area contributed by atoms with Gasteiger partial charge in [0.2, 0.25) is 0 Å². The van der Waals surface area contributed by atoms with Crippen LogP contribution in [0.25, 0.3) is 0 Å². The SMILES string of the molecule is CC(=O)O[C@H]1CC[C@@]2(C)C(=CC[C@H]3[C@H]2CC[C@@]2(C)[C@@H]3C[C@@H]3C=NN4CC(=O)[C@@]342)C1. The maximum Gasteiger partial charge on any atom is 0.302 e. The zero-order chi connectivity index (χ0) is 20.2. The highest BCUT2D eigenvalue weighted by atomic mass is 16.5. The number of ether oxygens (including phenoxy) is 1. The van der Waals surface area contributed by atoms with Crippen LogP contribution in [0.5, 0.6) is 0 Å². The Bertz CT molecular complexity index is 864. The monoisotopic (exact) mass is 396 g/mol. The van der Waals surface area contributed by atoms with Gasteiger partial charge in [-0.15, -0.1) is 0 Å². The summed E-state index contributed by atoms with van der Waals surface area (Å²) in [6, 6.07) is 0. The molecule has 0 bridgehead atoms. The number of rotatable bonds is 1. The second-order valence-corrected chi connectivity index (χ2v) is 11.0. The van der Waals surface area contributed by atoms with Crippen molar-refractivity contribution in [3.8, 4) is 0 Å². The molecule has 6 rings (SSSR count). The van der Waals surface area contributed by atoms with Crippen LogP contribution in [-0.2, 0) is 14.3 Å². The predicted molar refractivity (Wildman–Crippen MR) is 109 cm³/mol. The first-order valence-corrected chi connectivity index (χ1v) is 11.5. The van der Waals surface area contributed by atoms with Crippen molar-refractivity contribution in [3.05, 3.63) is 11.6 Å². The Balaban J connectivity index is 1.32. The van der Waals surface area contributed by atoms with E-state index in [1.807, 2.05) is 0 Å². The van der Waals surface area contributed by atoms with Gasteiger partial charge >= 0.3 is 5.97 Å². The Kier molecular flexibility index (Phi) is 3.46. The van der Waals surface area contributed by atoms with Crippen molar-refractivity contribution < 1.29 is 14.3 Å². The highest BCUT2D eigenvalue weighted by Crippen LogP contribution is 2.71. The first kappa shape index (κ1) is 18.1. The zero-order valence-electron chi connectivity index (χ0n) is 17.8. The number of ketones is 1. The van der Waals surface area contributed by atoms with Crippen molar-refractivity contribution in [1.82, 2.24) is 5.01 Å². The highest BCUT2D eigenvalue weighted by Gasteiger charge is 2.77. The Morgan fingerprint density at radius 1 is 1.24 bits per heavy atom. The van der Waals surface area contributed by atoms with E-state index in [1.54, 1.807) is 0 Å². The lowest BCUT2D eigenvalue weighted by atomic mass is 9.45. The third kappa shape index (κ3) is 1.96. The average Bonchev–Trinajstić information content (AvgIpc) is 3.12. The van der Waals surface area contributed by atoms with E-state index in [0.29, 0.717) is 36.0 Å². The second-order valence-electron chi connectivity index (χ2n) is 11.0. The number of hydrazone groups is 1. The number of hydrogen-bond acceptors (Lipinski definition) is 5. The molecule has 1 spiro atoms. The summed E-state index contributed by atoms with van der Waals surface area (Å²) in [5.41, 5.74) is 1.49. The number of esters is 1. The molecule has 1 saturated heterocycles. The molecule has 3 saturated carbocycles. The Morgan fingerprint density at radius 2 is 2.07 bits per heavy atom. The van der Waals surface area contributed by atoms with E-state index in [4.69, 9.17) is 4.74 Å². The molecule has 0 amide bonds. The molecule has 4 aliphatic carbocycles. The van der Waals surface area contributed by atoms with Crippen LogP contribution in [0.2, 0.25) is 0 Å². The van der Waals surface area contributed by atoms with E-state index in [2.05, 4.69) is 36.2 Å². The standard InChI is InChI=1S/C24H32N2O3/c1-14(27)29-17-6-8-22(2)15(10-17)4-5-18-19(22)7-9-23(3)20(18)11-16-12-25-26-13-21(28)24(16,23)26/h4,12,16-20H,5-11,13H2,1-3H3/t16-,17+,18+,19-,20-,22+,23+,24-/m1/s1. The molecule has 5 heteroatoms. The summed E-state index contributed by atoms with van der Waals surface area (Å²) in [5.74, 6) is 2.55. The maximum atomic E-state index is 13.0. The number of Topliss-reactive ketones (excluding diaryl/α,β-unsaturated/α-hetero) is 1. The summed E-state index contributed by atoms with van der Waals surface area (Å²) >= 11 is 0. The number of carbonyl (C=O) groups is 2. The van der Waals surface area contributed by atoms with Crippen molar-refractivity contribution in [2.75, 3.05) is 6.54 Å². The third-order valence-electron chi connectivity index (χ3n) is 10.2. The molecule has 5 nitrogen and oxygen atoms in total. The molecule has 0 aromatic carbocycles. The van der Waals surface area contributed by atoms with E-state index in [-0.39, 0.29) is 28.4 Å². The van der Waals surface area contributed by atoms with Crippen molar-refractivity contribution in [1.29, 1.82) is 0 Å². The van der Waals surface area contributed by atoms with Crippen LogP contribution >= 0.6 is 0 Å². The Morgan fingerprint density at radius 3 is 2.83 bits per heavy atom. The van der Waals surface area contributed by atoms with Crippen LogP contribution in [0, 0.1) is 34.5 Å². The highest BCUT2D eigenvalue weighted by molar-refractivity contribution is 6.02. The minimum Gasteiger partial charge on any atom is -0.462 e. The second kappa shape index (κ2) is 5.53. The van der Waals surface area contributed by atoms with Gasteiger partial charge in [-0.2, -0.15) is 5.10 Å². The van der Waals surface area contributed by atoms with Gasteiger partial charge in [0.1, 0.15) is 11.6 Å². The number of allylic oxidation sites excluding steroid dienone is 1. The lowest BCUT2D eigenvalue weighted by molar-refractivity contribution is -0.171. The van der Waals surface area contributed by atoms with E-state index in [9.17, 15) is 9.59 Å². The quantitative estimate of drug-likeness (QED) is 0.501. The van der Waals surface area contributed by atoms with Gasteiger partial charge in [0.15, 0.2) is 5.78 Å². The molecular formula is C24H32N2O3. The van der Waals surface area contributed by atoms with Crippen molar-refractivity contribution in [3.63, 3.8) is 0 Å². The van der Waals surface area contributed by atoms with Crippen molar-refractivity contribution in [2.24, 2.45) is 39.6 Å². The van der Waals surface area contributed by atoms with Gasteiger partial charge in [0, 0.05) is 30.9 Å². The summed E-state index contributed by atoms with van der Waals surface area (Å²) in [5, 5.41) is 6.75. The van der Waals surface area contributed by atoms with Gasteiger partial charge < -0.3 is 4.74 Å². The maximum absolute atomic E-state index is 13.0. The summed E-state index contributed by atoms with van der Waals surface area (Å²) in [4.78, 5) is 24.4. The molecule has 0 unspecified atom stereocenters. The smallest absolute Gasteiger partial charge is 0.302 e. The molecule has 0 aromatic heterocycles. The van der Waals surface area contributed by atoms with Crippen LogP contribution in [0.3, 0.4) is 0 Å². The van der Waals surface area contributed by atoms with E-state index in [0.717, 1.165) is 38.5 Å². The summed E-state index contributed by atoms with van der Waals surface area (Å²) < 4.78 is 5.56. The third-order valence-corrected chi connectivity index (χ3v) is 10.2. The molecule has 29 heavy (non-hydrogen) atoms. The minimum absolute atomic E-state index is 0.0549. The fraction of sp³-hybridized carbons (Fsp3) is 0.792. The molecule has 2 aliphatic heterocycles. The summed E-state index contributed by atoms with van der Waals surface area (Å²) in [6.07, 6.45) is 12.2. The molecule has 8 atom stereocenters. The topological polar surface area (TPSA) is 59.0 Å². The van der Waals surface area contributed by atoms with Gasteiger partial charge in [0.25, 0.3) is 0 Å². The van der Waals surface area contributed by atoms with E-state index in [1.165, 1.54) is 18.9 Å². The number of carbonyl (C=O) groups excluding carboxylic acids is 2. The lowest BCUT2D eigenvalue weighted by Gasteiger charge is -2.62. The first-order chi connectivity index (χ1) is 13.8. The molecule has 6 aliphatic rings. The minimum atomic E-state index is -0.319. The largest absolute Gasteiger partial charge is 0.462 e. The van der Waals surface area contributed by atoms with Crippen LogP contribution < -0.4 is 0 Å². The molecule has 156 valence electrons. The molecule has 0 N–H and O–H groups in total. The summed E-state index contributed by atoms with van der Waals surface area (Å²) in [6.45, 7) is 6.92. The Hall–Kier alpha value is -1.65. The Labute approximate surface area is 172 Å². The fourth-order valence-electron chi connectivity index (χ4n) is 8.97. The molecule has 0 aromatic rings. The van der Waals surface area contributed by atoms with Gasteiger partial charge in [0.05, 0.1) is 6.54 Å². The zero-order valence-corrected chi connectivity index (χ0v) is 17.8. The van der Waals surface area contributed by atoms with E-state index < -0.39 is 0 Å². The fourth-order valence-corrected chi connectivity index (χ4v) is 8.97. The van der Waals surface area contributed by atoms with Gasteiger partial charge in [-0.05, 0) is 61.7 Å². The molecular weight excluding hydrogens is 364 g/mol. The van der Waals surface area contributed by atoms with Crippen molar-refractivity contribution >= 4 is 18.0 Å². The van der Waals surface area contributed by atoms with Crippen LogP contribution in [0.15, 0.2) is 16.8 Å². The van der Waals surface area contributed by atoms with Crippen LogP contribution in [0.1, 0.15) is 65.7 Å². The molecule has 4 fully saturated rings. The number of hydrogen-bond donors (Lipinski definition) is 0. The van der Waals surface area contributed by atoms with Gasteiger partial charge in [-0.3, -0.25) is 14.6 Å². The number of nitrogens with zero attached hydrogens (tertiary/aromatic N) is 2. The molecule has 2 heterocycles. The predicted octanol–water partition coefficient (Wildman–Crippen LogP) is 3.73.